The quantitative estimate of drug-likeness (QED) is 0.878. The minimum Gasteiger partial charge on any atom is -0.473 e. The van der Waals surface area contributed by atoms with Gasteiger partial charge in [-0.15, -0.1) is 0 Å². The normalized spacial score (nSPS) is 11.1. The fourth-order valence-electron chi connectivity index (χ4n) is 1.79. The molecule has 2 aromatic rings. The first-order chi connectivity index (χ1) is 9.56. The average Bonchev–Trinajstić information content (AvgIpc) is 2.86. The Morgan fingerprint density at radius 1 is 1.30 bits per heavy atom. The summed E-state index contributed by atoms with van der Waals surface area (Å²) in [4.78, 5) is 4.26. The van der Waals surface area contributed by atoms with Crippen molar-refractivity contribution in [1.82, 2.24) is 14.8 Å². The number of pyridine rings is 1. The molecule has 0 aromatic carbocycles. The molecule has 0 aliphatic rings. The maximum Gasteiger partial charge on any atom is 0.237 e. The molecule has 0 aliphatic carbocycles. The van der Waals surface area contributed by atoms with Crippen molar-refractivity contribution < 1.29 is 4.74 Å². The maximum atomic E-state index is 5.68. The largest absolute Gasteiger partial charge is 0.473 e. The third-order valence-electron chi connectivity index (χ3n) is 2.79. The fraction of sp³-hybridized carbons (Fsp3) is 0.467. The van der Waals surface area contributed by atoms with Crippen molar-refractivity contribution in [3.8, 4) is 5.88 Å². The second-order valence-corrected chi connectivity index (χ2v) is 5.30. The predicted molar refractivity (Wildman–Crippen MR) is 79.9 cm³/mol. The number of aromatic nitrogens is 3. The van der Waals surface area contributed by atoms with E-state index in [1.807, 2.05) is 36.9 Å². The summed E-state index contributed by atoms with van der Waals surface area (Å²) in [5, 5.41) is 7.67. The molecule has 0 saturated carbocycles. The first kappa shape index (κ1) is 14.4. The molecule has 5 heteroatoms. The van der Waals surface area contributed by atoms with Crippen LogP contribution in [-0.2, 0) is 6.54 Å². The lowest BCUT2D eigenvalue weighted by atomic mass is 10.3. The second-order valence-electron chi connectivity index (χ2n) is 5.30. The van der Waals surface area contributed by atoms with Gasteiger partial charge in [-0.25, -0.2) is 4.98 Å². The average molecular weight is 274 g/mol. The van der Waals surface area contributed by atoms with Crippen LogP contribution in [0.3, 0.4) is 0 Å². The van der Waals surface area contributed by atoms with E-state index in [2.05, 4.69) is 35.4 Å². The molecule has 2 rings (SSSR count). The van der Waals surface area contributed by atoms with Gasteiger partial charge in [0.2, 0.25) is 5.88 Å². The van der Waals surface area contributed by atoms with E-state index in [9.17, 15) is 0 Å². The number of anilines is 1. The van der Waals surface area contributed by atoms with Gasteiger partial charge in [0.15, 0.2) is 0 Å². The van der Waals surface area contributed by atoms with E-state index in [0.717, 1.165) is 11.3 Å². The fourth-order valence-corrected chi connectivity index (χ4v) is 1.79. The number of ether oxygens (including phenoxy) is 1. The lowest BCUT2D eigenvalue weighted by Gasteiger charge is -2.13. The monoisotopic (exact) mass is 274 g/mol. The van der Waals surface area contributed by atoms with Crippen LogP contribution < -0.4 is 10.1 Å². The maximum absolute atomic E-state index is 5.68. The Balaban J connectivity index is 2.02. The smallest absolute Gasteiger partial charge is 0.237 e. The molecule has 2 heterocycles. The molecule has 0 spiro atoms. The zero-order valence-electron chi connectivity index (χ0n) is 12.5. The van der Waals surface area contributed by atoms with Crippen molar-refractivity contribution in [2.75, 3.05) is 5.32 Å². The Bertz CT molecular complexity index is 548. The molecule has 0 fully saturated rings. The molecule has 5 nitrogen and oxygen atoms in total. The van der Waals surface area contributed by atoms with Crippen LogP contribution in [-0.4, -0.2) is 20.9 Å². The van der Waals surface area contributed by atoms with Crippen LogP contribution in [0, 0.1) is 0 Å². The predicted octanol–water partition coefficient (Wildman–Crippen LogP) is 3.26. The lowest BCUT2D eigenvalue weighted by molar-refractivity contribution is 0.234. The molecular formula is C15H22N4O. The Hall–Kier alpha value is -2.04. The minimum atomic E-state index is 0.106. The topological polar surface area (TPSA) is 52.0 Å². The number of nitrogens with zero attached hydrogens (tertiary/aromatic N) is 3. The molecule has 0 saturated heterocycles. The molecule has 0 bridgehead atoms. The highest BCUT2D eigenvalue weighted by Crippen LogP contribution is 2.22. The van der Waals surface area contributed by atoms with Gasteiger partial charge in [0.05, 0.1) is 18.0 Å². The summed E-state index contributed by atoms with van der Waals surface area (Å²) in [6, 6.07) is 4.24. The molecule has 0 aliphatic heterocycles. The van der Waals surface area contributed by atoms with Gasteiger partial charge >= 0.3 is 0 Å². The molecular weight excluding hydrogens is 252 g/mol. The lowest BCUT2D eigenvalue weighted by Crippen LogP contribution is -2.10. The van der Waals surface area contributed by atoms with E-state index in [0.29, 0.717) is 18.5 Å². The molecule has 2 aromatic heterocycles. The van der Waals surface area contributed by atoms with Gasteiger partial charge < -0.3 is 10.1 Å². The Morgan fingerprint density at radius 2 is 2.10 bits per heavy atom. The molecule has 1 N–H and O–H groups in total. The van der Waals surface area contributed by atoms with Crippen LogP contribution in [0.15, 0.2) is 30.7 Å². The second kappa shape index (κ2) is 6.41. The van der Waals surface area contributed by atoms with E-state index >= 15 is 0 Å². The van der Waals surface area contributed by atoms with Crippen LogP contribution in [0.5, 0.6) is 5.88 Å². The van der Waals surface area contributed by atoms with E-state index < -0.39 is 0 Å². The van der Waals surface area contributed by atoms with Gasteiger partial charge in [-0.05, 0) is 39.8 Å². The molecule has 0 amide bonds. The Kier molecular flexibility index (Phi) is 4.61. The zero-order valence-corrected chi connectivity index (χ0v) is 12.5. The summed E-state index contributed by atoms with van der Waals surface area (Å²) >= 11 is 0. The summed E-state index contributed by atoms with van der Waals surface area (Å²) < 4.78 is 7.63. The highest BCUT2D eigenvalue weighted by Gasteiger charge is 2.07. The van der Waals surface area contributed by atoms with E-state index in [-0.39, 0.29) is 6.10 Å². The van der Waals surface area contributed by atoms with Gasteiger partial charge in [-0.3, -0.25) is 4.68 Å². The van der Waals surface area contributed by atoms with Crippen LogP contribution in [0.4, 0.5) is 5.69 Å². The summed E-state index contributed by atoms with van der Waals surface area (Å²) in [6.07, 6.45) is 5.78. The summed E-state index contributed by atoms with van der Waals surface area (Å²) in [5.74, 6) is 0.638. The molecule has 0 radical (unpaired) electrons. The zero-order chi connectivity index (χ0) is 14.5. The first-order valence-electron chi connectivity index (χ1n) is 6.95. The van der Waals surface area contributed by atoms with E-state index in [1.165, 1.54) is 0 Å². The number of hydrogen-bond acceptors (Lipinski definition) is 4. The van der Waals surface area contributed by atoms with Crippen molar-refractivity contribution in [2.24, 2.45) is 0 Å². The van der Waals surface area contributed by atoms with Gasteiger partial charge in [0.1, 0.15) is 0 Å². The van der Waals surface area contributed by atoms with Crippen LogP contribution in [0.25, 0.3) is 0 Å². The minimum absolute atomic E-state index is 0.106. The first-order valence-corrected chi connectivity index (χ1v) is 6.95. The summed E-state index contributed by atoms with van der Waals surface area (Å²) in [5.41, 5.74) is 2.04. The van der Waals surface area contributed by atoms with Gasteiger partial charge in [-0.2, -0.15) is 5.10 Å². The van der Waals surface area contributed by atoms with Crippen molar-refractivity contribution >= 4 is 5.69 Å². The van der Waals surface area contributed by atoms with Crippen molar-refractivity contribution in [1.29, 1.82) is 0 Å². The van der Waals surface area contributed by atoms with E-state index in [4.69, 9.17) is 4.74 Å². The molecule has 108 valence electrons. The standard InChI is InChI=1S/C15H22N4O/c1-11(2)19-10-13(9-18-19)8-17-14-6-5-7-16-15(14)20-12(3)4/h5-7,9-12,17H,8H2,1-4H3. The van der Waals surface area contributed by atoms with Crippen molar-refractivity contribution in [3.05, 3.63) is 36.3 Å². The van der Waals surface area contributed by atoms with Crippen LogP contribution >= 0.6 is 0 Å². The summed E-state index contributed by atoms with van der Waals surface area (Å²) in [6.45, 7) is 8.91. The molecule has 0 atom stereocenters. The SMILES string of the molecule is CC(C)Oc1ncccc1NCc1cnn(C(C)C)c1. The van der Waals surface area contributed by atoms with E-state index in [1.54, 1.807) is 6.20 Å². The highest BCUT2D eigenvalue weighted by atomic mass is 16.5. The van der Waals surface area contributed by atoms with Crippen LogP contribution in [0.2, 0.25) is 0 Å². The number of rotatable bonds is 6. The van der Waals surface area contributed by atoms with Gasteiger partial charge in [0.25, 0.3) is 0 Å². The Labute approximate surface area is 120 Å². The third kappa shape index (κ3) is 3.73. The van der Waals surface area contributed by atoms with Crippen molar-refractivity contribution in [2.45, 2.75) is 46.4 Å². The summed E-state index contributed by atoms with van der Waals surface area (Å²) in [7, 11) is 0. The Morgan fingerprint density at radius 3 is 2.75 bits per heavy atom. The number of nitrogens with one attached hydrogen (secondary N) is 1. The molecule has 20 heavy (non-hydrogen) atoms. The number of hydrogen-bond donors (Lipinski definition) is 1. The molecule has 0 unspecified atom stereocenters. The van der Waals surface area contributed by atoms with Crippen molar-refractivity contribution in [3.63, 3.8) is 0 Å². The highest BCUT2D eigenvalue weighted by molar-refractivity contribution is 5.52. The van der Waals surface area contributed by atoms with Gasteiger partial charge in [-0.1, -0.05) is 0 Å². The van der Waals surface area contributed by atoms with Crippen LogP contribution in [0.1, 0.15) is 39.3 Å². The third-order valence-corrected chi connectivity index (χ3v) is 2.79. The van der Waals surface area contributed by atoms with Gasteiger partial charge in [0, 0.05) is 30.5 Å².